The van der Waals surface area contributed by atoms with Crippen LogP contribution in [-0.4, -0.2) is 27.7 Å². The first-order valence-corrected chi connectivity index (χ1v) is 12.7. The average Bonchev–Trinajstić information content (AvgIpc) is 3.39. The number of hydrogen-bond acceptors (Lipinski definition) is 4. The zero-order valence-electron chi connectivity index (χ0n) is 20.1. The summed E-state index contributed by atoms with van der Waals surface area (Å²) in [7, 11) is 1.39. The Balaban J connectivity index is 1.63. The highest BCUT2D eigenvalue weighted by atomic mass is 79.9. The predicted octanol–water partition coefficient (Wildman–Crippen LogP) is 6.22. The van der Waals surface area contributed by atoms with Gasteiger partial charge in [0.2, 0.25) is 0 Å². The summed E-state index contributed by atoms with van der Waals surface area (Å²) in [4.78, 5) is 18.7. The third-order valence-corrected chi connectivity index (χ3v) is 7.38. The van der Waals surface area contributed by atoms with Crippen molar-refractivity contribution in [3.05, 3.63) is 112 Å². The molecule has 1 N–H and O–H groups in total. The number of carbonyl (C=O) groups excluding carboxylic acids is 1. The minimum absolute atomic E-state index is 0.108. The number of halogens is 1. The van der Waals surface area contributed by atoms with Gasteiger partial charge >= 0.3 is 5.97 Å². The van der Waals surface area contributed by atoms with Gasteiger partial charge in [-0.3, -0.25) is 4.98 Å². The standard InChI is InChI=1S/C28H25BrN4O2S/c1-17-16-23(18(2)32(17)21-11-7-19(8-12-21)27(34)35-3)26-25(24-6-4-5-15-30-24)31-28(36)33(26)22-13-9-20(29)10-14-22/h4-16,25-26H,1-3H3,(H,31,36)/t25-,26+/m1/s1. The number of aromatic nitrogens is 2. The van der Waals surface area contributed by atoms with E-state index >= 15 is 0 Å². The first-order chi connectivity index (χ1) is 17.4. The van der Waals surface area contributed by atoms with Crippen LogP contribution in [0.3, 0.4) is 0 Å². The molecule has 182 valence electrons. The van der Waals surface area contributed by atoms with Crippen LogP contribution < -0.4 is 10.2 Å². The molecular formula is C28H25BrN4O2S. The maximum absolute atomic E-state index is 11.9. The Labute approximate surface area is 224 Å². The average molecular weight is 562 g/mol. The molecule has 0 spiro atoms. The number of esters is 1. The molecule has 1 fully saturated rings. The molecule has 4 aromatic rings. The Kier molecular flexibility index (Phi) is 6.64. The molecule has 1 aliphatic heterocycles. The van der Waals surface area contributed by atoms with Crippen molar-refractivity contribution in [3.8, 4) is 5.69 Å². The quantitative estimate of drug-likeness (QED) is 0.231. The third kappa shape index (κ3) is 4.31. The summed E-state index contributed by atoms with van der Waals surface area (Å²) in [5.41, 5.74) is 6.76. The van der Waals surface area contributed by atoms with Crippen LogP contribution in [0.5, 0.6) is 0 Å². The molecule has 0 radical (unpaired) electrons. The van der Waals surface area contributed by atoms with E-state index in [1.165, 1.54) is 7.11 Å². The molecule has 36 heavy (non-hydrogen) atoms. The maximum atomic E-state index is 11.9. The number of methoxy groups -OCH3 is 1. The van der Waals surface area contributed by atoms with Gasteiger partial charge in [0.25, 0.3) is 0 Å². The molecule has 2 aromatic carbocycles. The van der Waals surface area contributed by atoms with Crippen LogP contribution >= 0.6 is 28.1 Å². The van der Waals surface area contributed by atoms with E-state index < -0.39 is 0 Å². The number of nitrogens with zero attached hydrogens (tertiary/aromatic N) is 3. The lowest BCUT2D eigenvalue weighted by Gasteiger charge is -2.28. The lowest BCUT2D eigenvalue weighted by molar-refractivity contribution is 0.0600. The molecule has 8 heteroatoms. The van der Waals surface area contributed by atoms with E-state index in [1.54, 1.807) is 12.1 Å². The number of carbonyl (C=O) groups is 1. The smallest absolute Gasteiger partial charge is 0.337 e. The maximum Gasteiger partial charge on any atom is 0.337 e. The fraction of sp³-hybridized carbons (Fsp3) is 0.179. The van der Waals surface area contributed by atoms with E-state index in [4.69, 9.17) is 17.0 Å². The highest BCUT2D eigenvalue weighted by molar-refractivity contribution is 9.10. The predicted molar refractivity (Wildman–Crippen MR) is 149 cm³/mol. The highest BCUT2D eigenvalue weighted by Crippen LogP contribution is 2.43. The molecule has 0 bridgehead atoms. The van der Waals surface area contributed by atoms with Gasteiger partial charge in [-0.15, -0.1) is 0 Å². The van der Waals surface area contributed by atoms with E-state index in [0.717, 1.165) is 38.5 Å². The van der Waals surface area contributed by atoms with Crippen molar-refractivity contribution < 1.29 is 9.53 Å². The van der Waals surface area contributed by atoms with Crippen LogP contribution in [0.2, 0.25) is 0 Å². The minimum atomic E-state index is -0.350. The number of rotatable bonds is 5. The van der Waals surface area contributed by atoms with E-state index in [1.807, 2.05) is 48.7 Å². The van der Waals surface area contributed by atoms with E-state index in [2.05, 4.69) is 67.7 Å². The van der Waals surface area contributed by atoms with Crippen LogP contribution in [0.25, 0.3) is 5.69 Å². The van der Waals surface area contributed by atoms with Gasteiger partial charge in [-0.25, -0.2) is 4.79 Å². The summed E-state index contributed by atoms with van der Waals surface area (Å²) < 4.78 is 8.06. The monoisotopic (exact) mass is 560 g/mol. The second kappa shape index (κ2) is 9.87. The zero-order valence-corrected chi connectivity index (χ0v) is 22.5. The molecule has 2 atom stereocenters. The van der Waals surface area contributed by atoms with Crippen molar-refractivity contribution in [3.63, 3.8) is 0 Å². The van der Waals surface area contributed by atoms with Crippen LogP contribution in [0, 0.1) is 13.8 Å². The minimum Gasteiger partial charge on any atom is -0.465 e. The fourth-order valence-electron chi connectivity index (χ4n) is 4.90. The van der Waals surface area contributed by atoms with E-state index in [0.29, 0.717) is 10.7 Å². The van der Waals surface area contributed by atoms with Gasteiger partial charge in [0, 0.05) is 33.4 Å². The Bertz CT molecular complexity index is 1420. The third-order valence-electron chi connectivity index (χ3n) is 6.54. The van der Waals surface area contributed by atoms with Crippen LogP contribution in [0.4, 0.5) is 5.69 Å². The molecular weight excluding hydrogens is 536 g/mol. The van der Waals surface area contributed by atoms with Crippen molar-refractivity contribution in [1.82, 2.24) is 14.9 Å². The molecule has 0 unspecified atom stereocenters. The van der Waals surface area contributed by atoms with Crippen molar-refractivity contribution in [2.45, 2.75) is 25.9 Å². The first-order valence-electron chi connectivity index (χ1n) is 11.5. The van der Waals surface area contributed by atoms with Crippen LogP contribution in [-0.2, 0) is 4.74 Å². The Hall–Kier alpha value is -3.49. The summed E-state index contributed by atoms with van der Waals surface area (Å²) in [5.74, 6) is -0.350. The van der Waals surface area contributed by atoms with Gasteiger partial charge in [-0.05, 0) is 98.4 Å². The second-order valence-electron chi connectivity index (χ2n) is 8.67. The largest absolute Gasteiger partial charge is 0.465 e. The Morgan fingerprint density at radius 3 is 2.36 bits per heavy atom. The molecule has 2 aromatic heterocycles. The molecule has 1 aliphatic rings. The fourth-order valence-corrected chi connectivity index (χ4v) is 5.51. The molecule has 5 rings (SSSR count). The summed E-state index contributed by atoms with van der Waals surface area (Å²) in [6.07, 6.45) is 1.81. The number of ether oxygens (including phenoxy) is 1. The number of aryl methyl sites for hydroxylation is 1. The van der Waals surface area contributed by atoms with E-state index in [-0.39, 0.29) is 18.1 Å². The van der Waals surface area contributed by atoms with Crippen molar-refractivity contribution in [1.29, 1.82) is 0 Å². The SMILES string of the molecule is COC(=O)c1ccc(-n2c(C)cc([C@H]3[C@@H](c4ccccn4)NC(=S)N3c3ccc(Br)cc3)c2C)cc1. The van der Waals surface area contributed by atoms with Gasteiger partial charge in [0.15, 0.2) is 5.11 Å². The molecule has 0 saturated carbocycles. The van der Waals surface area contributed by atoms with Crippen molar-refractivity contribution in [2.75, 3.05) is 12.0 Å². The summed E-state index contributed by atoms with van der Waals surface area (Å²) in [6.45, 7) is 4.21. The number of benzene rings is 2. The van der Waals surface area contributed by atoms with Gasteiger partial charge in [-0.1, -0.05) is 22.0 Å². The topological polar surface area (TPSA) is 59.4 Å². The summed E-state index contributed by atoms with van der Waals surface area (Å²) >= 11 is 9.40. The zero-order chi connectivity index (χ0) is 25.4. The summed E-state index contributed by atoms with van der Waals surface area (Å²) in [6, 6.07) is 23.6. The number of nitrogens with one attached hydrogen (secondary N) is 1. The number of thiocarbonyl (C=S) groups is 1. The lowest BCUT2D eigenvalue weighted by Crippen LogP contribution is -2.29. The molecule has 1 saturated heterocycles. The lowest BCUT2D eigenvalue weighted by atomic mass is 9.96. The molecule has 0 amide bonds. The number of anilines is 1. The summed E-state index contributed by atoms with van der Waals surface area (Å²) in [5, 5.41) is 4.18. The second-order valence-corrected chi connectivity index (χ2v) is 9.98. The first kappa shape index (κ1) is 24.2. The number of hydrogen-bond donors (Lipinski definition) is 1. The Morgan fingerprint density at radius 2 is 1.72 bits per heavy atom. The van der Waals surface area contributed by atoms with Gasteiger partial charge in [0.05, 0.1) is 30.5 Å². The van der Waals surface area contributed by atoms with E-state index in [9.17, 15) is 4.79 Å². The molecule has 6 nitrogen and oxygen atoms in total. The highest BCUT2D eigenvalue weighted by Gasteiger charge is 2.42. The van der Waals surface area contributed by atoms with Gasteiger partial charge in [0.1, 0.15) is 0 Å². The molecule has 0 aliphatic carbocycles. The van der Waals surface area contributed by atoms with Crippen molar-refractivity contribution in [2.24, 2.45) is 0 Å². The van der Waals surface area contributed by atoms with Gasteiger partial charge in [-0.2, -0.15) is 0 Å². The normalized spacial score (nSPS) is 17.2. The van der Waals surface area contributed by atoms with Crippen LogP contribution in [0.1, 0.15) is 45.1 Å². The number of pyridine rings is 1. The molecule has 3 heterocycles. The van der Waals surface area contributed by atoms with Crippen molar-refractivity contribution >= 4 is 44.9 Å². The van der Waals surface area contributed by atoms with Gasteiger partial charge < -0.3 is 19.5 Å². The van der Waals surface area contributed by atoms with Crippen LogP contribution in [0.15, 0.2) is 83.5 Å². The Morgan fingerprint density at radius 1 is 1.03 bits per heavy atom.